The van der Waals surface area contributed by atoms with Gasteiger partial charge in [0.1, 0.15) is 15.8 Å². The molecule has 1 aliphatic rings. The quantitative estimate of drug-likeness (QED) is 0.233. The maximum atomic E-state index is 13.1. The Labute approximate surface area is 263 Å². The van der Waals surface area contributed by atoms with Gasteiger partial charge in [0.2, 0.25) is 10.0 Å². The molecule has 1 fully saturated rings. The highest BCUT2D eigenvalue weighted by molar-refractivity contribution is 7.91. The van der Waals surface area contributed by atoms with Crippen molar-refractivity contribution < 1.29 is 27.8 Å². The molecule has 44 heavy (non-hydrogen) atoms. The van der Waals surface area contributed by atoms with E-state index in [1.165, 1.54) is 16.2 Å². The Hall–Kier alpha value is -3.39. The summed E-state index contributed by atoms with van der Waals surface area (Å²) in [7, 11) is -2.09. The van der Waals surface area contributed by atoms with Crippen LogP contribution in [0.1, 0.15) is 47.1 Å². The first kappa shape index (κ1) is 33.5. The highest BCUT2D eigenvalue weighted by Crippen LogP contribution is 2.34. The summed E-state index contributed by atoms with van der Waals surface area (Å²) < 4.78 is 40.8. The van der Waals surface area contributed by atoms with Gasteiger partial charge in [0.25, 0.3) is 0 Å². The van der Waals surface area contributed by atoms with Crippen LogP contribution in [0.3, 0.4) is 0 Å². The Morgan fingerprint density at radius 3 is 2.32 bits per heavy atom. The predicted octanol–water partition coefficient (Wildman–Crippen LogP) is 5.71. The van der Waals surface area contributed by atoms with Crippen LogP contribution in [0.2, 0.25) is 0 Å². The number of aromatic nitrogens is 2. The third-order valence-corrected chi connectivity index (χ3v) is 9.82. The number of thiophene rings is 1. The SMILES string of the molecule is CC(C)(C)OC(C)(C)C.COc1ccc2[nH]cc(CCNS(=O)(=O)c3cc4c(N5CCN(C(=O)O)CC5)nccc4s3)c2c1. The third-order valence-electron chi connectivity index (χ3n) is 6.79. The first-order valence-electron chi connectivity index (χ1n) is 14.5. The molecule has 1 amide bonds. The highest BCUT2D eigenvalue weighted by atomic mass is 32.2. The van der Waals surface area contributed by atoms with E-state index in [1.807, 2.05) is 29.3 Å². The van der Waals surface area contributed by atoms with Crippen LogP contribution in [-0.4, -0.2) is 85.5 Å². The molecule has 4 aromatic rings. The summed E-state index contributed by atoms with van der Waals surface area (Å²) in [5, 5.41) is 10.9. The van der Waals surface area contributed by atoms with E-state index in [1.54, 1.807) is 25.4 Å². The number of carboxylic acid groups (broad SMARTS) is 1. The Bertz CT molecular complexity index is 1680. The molecule has 5 rings (SSSR count). The number of ether oxygens (including phenoxy) is 2. The molecule has 0 aliphatic carbocycles. The van der Waals surface area contributed by atoms with Gasteiger partial charge in [-0.3, -0.25) is 0 Å². The van der Waals surface area contributed by atoms with Crippen molar-refractivity contribution in [2.75, 3.05) is 44.7 Å². The molecule has 1 aliphatic heterocycles. The van der Waals surface area contributed by atoms with Gasteiger partial charge in [0.15, 0.2) is 0 Å². The second-order valence-corrected chi connectivity index (χ2v) is 15.6. The lowest BCUT2D eigenvalue weighted by atomic mass is 10.1. The molecule has 0 atom stereocenters. The zero-order valence-corrected chi connectivity index (χ0v) is 28.1. The number of hydrogen-bond donors (Lipinski definition) is 3. The van der Waals surface area contributed by atoms with Crippen molar-refractivity contribution in [1.82, 2.24) is 19.6 Å². The summed E-state index contributed by atoms with van der Waals surface area (Å²) in [5.41, 5.74) is 1.94. The number of fused-ring (bicyclic) bond motifs is 2. The van der Waals surface area contributed by atoms with Crippen LogP contribution in [0.5, 0.6) is 5.75 Å². The number of nitrogens with zero attached hydrogens (tertiary/aromatic N) is 3. The minimum absolute atomic E-state index is 0.0156. The molecule has 0 spiro atoms. The van der Waals surface area contributed by atoms with Crippen LogP contribution in [0.4, 0.5) is 10.6 Å². The van der Waals surface area contributed by atoms with Gasteiger partial charge in [-0.2, -0.15) is 0 Å². The highest BCUT2D eigenvalue weighted by Gasteiger charge is 2.25. The van der Waals surface area contributed by atoms with Gasteiger partial charge in [0.05, 0.1) is 18.3 Å². The third kappa shape index (κ3) is 8.62. The second kappa shape index (κ2) is 13.3. The molecule has 1 aromatic carbocycles. The van der Waals surface area contributed by atoms with Gasteiger partial charge in [-0.25, -0.2) is 22.9 Å². The molecule has 0 bridgehead atoms. The average molecular weight is 646 g/mol. The molecule has 0 radical (unpaired) electrons. The smallest absolute Gasteiger partial charge is 0.407 e. The van der Waals surface area contributed by atoms with E-state index in [-0.39, 0.29) is 22.0 Å². The zero-order valence-electron chi connectivity index (χ0n) is 26.4. The number of pyridine rings is 1. The predicted molar refractivity (Wildman–Crippen MR) is 176 cm³/mol. The molecule has 3 N–H and O–H groups in total. The number of H-pyrrole nitrogens is 1. The Kier molecular flexibility index (Phi) is 10.1. The number of hydrogen-bond acceptors (Lipinski definition) is 8. The molecule has 0 unspecified atom stereocenters. The molecule has 240 valence electrons. The van der Waals surface area contributed by atoms with Crippen LogP contribution in [0, 0.1) is 0 Å². The largest absolute Gasteiger partial charge is 0.497 e. The van der Waals surface area contributed by atoms with Gasteiger partial charge < -0.3 is 29.4 Å². The van der Waals surface area contributed by atoms with Crippen molar-refractivity contribution in [3.05, 3.63) is 48.3 Å². The molecule has 11 nitrogen and oxygen atoms in total. The van der Waals surface area contributed by atoms with Gasteiger partial charge in [0, 0.05) is 66.1 Å². The summed E-state index contributed by atoms with van der Waals surface area (Å²) in [6.45, 7) is 14.4. The molecular formula is C31H43N5O6S2. The Morgan fingerprint density at radius 2 is 1.73 bits per heavy atom. The van der Waals surface area contributed by atoms with Crippen LogP contribution in [-0.2, 0) is 21.2 Å². The fourth-order valence-electron chi connectivity index (χ4n) is 5.22. The van der Waals surface area contributed by atoms with E-state index in [4.69, 9.17) is 9.47 Å². The van der Waals surface area contributed by atoms with E-state index in [0.29, 0.717) is 38.4 Å². The van der Waals surface area contributed by atoms with Crippen LogP contribution < -0.4 is 14.4 Å². The van der Waals surface area contributed by atoms with Crippen molar-refractivity contribution in [3.63, 3.8) is 0 Å². The van der Waals surface area contributed by atoms with Crippen LogP contribution in [0.25, 0.3) is 21.0 Å². The number of sulfonamides is 1. The second-order valence-electron chi connectivity index (χ2n) is 12.6. The molecular weight excluding hydrogens is 603 g/mol. The molecule has 4 heterocycles. The van der Waals surface area contributed by atoms with Crippen LogP contribution >= 0.6 is 11.3 Å². The molecule has 0 saturated carbocycles. The summed E-state index contributed by atoms with van der Waals surface area (Å²) in [6, 6.07) is 9.21. The maximum Gasteiger partial charge on any atom is 0.407 e. The number of piperazine rings is 1. The summed E-state index contributed by atoms with van der Waals surface area (Å²) in [5.74, 6) is 1.43. The van der Waals surface area contributed by atoms with E-state index >= 15 is 0 Å². The monoisotopic (exact) mass is 645 g/mol. The van der Waals surface area contributed by atoms with Gasteiger partial charge >= 0.3 is 6.09 Å². The van der Waals surface area contributed by atoms with Gasteiger partial charge in [-0.15, -0.1) is 11.3 Å². The molecule has 3 aromatic heterocycles. The Balaban J connectivity index is 0.000000429. The van der Waals surface area contributed by atoms with Crippen molar-refractivity contribution in [2.45, 2.75) is 63.4 Å². The number of aromatic amines is 1. The van der Waals surface area contributed by atoms with Gasteiger partial charge in [-0.05, 0) is 83.9 Å². The van der Waals surface area contributed by atoms with Crippen molar-refractivity contribution >= 4 is 54.3 Å². The maximum absolute atomic E-state index is 13.1. The standard InChI is InChI=1S/C23H25N5O5S2.C8H18O/c1-33-16-2-3-19-17(12-16)15(14-25-19)4-7-26-35(31,32)21-13-18-20(34-21)5-6-24-22(18)27-8-10-28(11-9-27)23(29)30;1-7(2,3)9-8(4,5)6/h2-3,5-6,12-14,25-26H,4,7-11H2,1H3,(H,29,30);1-6H3. The normalized spacial score (nSPS) is 14.5. The Morgan fingerprint density at radius 1 is 1.05 bits per heavy atom. The lowest BCUT2D eigenvalue weighted by Crippen LogP contribution is -2.48. The van der Waals surface area contributed by atoms with E-state index < -0.39 is 16.1 Å². The van der Waals surface area contributed by atoms with Crippen molar-refractivity contribution in [3.8, 4) is 5.75 Å². The number of rotatable bonds is 7. The first-order chi connectivity index (χ1) is 20.6. The summed E-state index contributed by atoms with van der Waals surface area (Å²) in [6.07, 6.45) is 3.14. The number of methoxy groups -OCH3 is 1. The van der Waals surface area contributed by atoms with Crippen molar-refractivity contribution in [2.24, 2.45) is 0 Å². The van der Waals surface area contributed by atoms with Crippen LogP contribution in [0.15, 0.2) is 46.9 Å². The topological polar surface area (TPSA) is 137 Å². The fraction of sp³-hybridized carbons (Fsp3) is 0.484. The minimum atomic E-state index is -3.71. The fourth-order valence-corrected chi connectivity index (χ4v) is 7.67. The number of benzene rings is 1. The van der Waals surface area contributed by atoms with E-state index in [2.05, 4.69) is 56.2 Å². The van der Waals surface area contributed by atoms with Crippen molar-refractivity contribution in [1.29, 1.82) is 0 Å². The summed E-state index contributed by atoms with van der Waals surface area (Å²) >= 11 is 1.20. The number of nitrogens with one attached hydrogen (secondary N) is 2. The lowest BCUT2D eigenvalue weighted by Gasteiger charge is -2.34. The number of carbonyl (C=O) groups is 1. The molecule has 13 heteroatoms. The first-order valence-corrected chi connectivity index (χ1v) is 16.8. The summed E-state index contributed by atoms with van der Waals surface area (Å²) in [4.78, 5) is 22.2. The average Bonchev–Trinajstić information content (AvgIpc) is 3.56. The van der Waals surface area contributed by atoms with E-state index in [0.717, 1.165) is 32.3 Å². The number of amides is 1. The minimum Gasteiger partial charge on any atom is -0.497 e. The lowest BCUT2D eigenvalue weighted by molar-refractivity contribution is -0.102. The van der Waals surface area contributed by atoms with E-state index in [9.17, 15) is 18.3 Å². The molecule has 1 saturated heterocycles. The number of anilines is 1. The van der Waals surface area contributed by atoms with Gasteiger partial charge in [-0.1, -0.05) is 0 Å². The zero-order chi connectivity index (χ0) is 32.3.